The highest BCUT2D eigenvalue weighted by Gasteiger charge is 2.18. The van der Waals surface area contributed by atoms with Crippen LogP contribution in [0.4, 0.5) is 4.39 Å². The molecule has 0 unspecified atom stereocenters. The summed E-state index contributed by atoms with van der Waals surface area (Å²) in [5, 5.41) is 0.374. The zero-order valence-electron chi connectivity index (χ0n) is 17.8. The van der Waals surface area contributed by atoms with Gasteiger partial charge in [-0.25, -0.2) is 4.39 Å². The van der Waals surface area contributed by atoms with Crippen LogP contribution in [0, 0.1) is 5.82 Å². The lowest BCUT2D eigenvalue weighted by atomic mass is 10.0. The smallest absolute Gasteiger partial charge is 0.200 e. The molecule has 0 aliphatic carbocycles. The van der Waals surface area contributed by atoms with Crippen molar-refractivity contribution in [3.05, 3.63) is 106 Å². The van der Waals surface area contributed by atoms with Crippen LogP contribution in [0.5, 0.6) is 11.5 Å². The normalized spacial score (nSPS) is 10.8. The molecule has 5 nitrogen and oxygen atoms in total. The summed E-state index contributed by atoms with van der Waals surface area (Å²) < 4.78 is 26.2. The molecule has 32 heavy (non-hydrogen) atoms. The average Bonchev–Trinajstić information content (AvgIpc) is 2.81. The van der Waals surface area contributed by atoms with Crippen LogP contribution < -0.4 is 14.9 Å². The van der Waals surface area contributed by atoms with E-state index in [2.05, 4.69) is 0 Å². The lowest BCUT2D eigenvalue weighted by Gasteiger charge is -2.16. The SMILES string of the molecule is CCOc1ccc2c(c1)c(=O)c(C(=O)c1ccc(F)cc1)cn2Cc1ccccc1OC. The molecule has 162 valence electrons. The lowest BCUT2D eigenvalue weighted by molar-refractivity contribution is 0.103. The first-order valence-electron chi connectivity index (χ1n) is 10.2. The number of hydrogen-bond donors (Lipinski definition) is 0. The van der Waals surface area contributed by atoms with Crippen LogP contribution in [0.2, 0.25) is 0 Å². The molecule has 0 N–H and O–H groups in total. The maximum Gasteiger partial charge on any atom is 0.200 e. The number of benzene rings is 3. The lowest BCUT2D eigenvalue weighted by Crippen LogP contribution is -2.20. The molecule has 0 saturated heterocycles. The first kappa shape index (κ1) is 21.3. The maximum absolute atomic E-state index is 13.3. The van der Waals surface area contributed by atoms with Crippen LogP contribution in [0.1, 0.15) is 28.4 Å². The zero-order valence-corrected chi connectivity index (χ0v) is 17.8. The Labute approximate surface area is 184 Å². The van der Waals surface area contributed by atoms with Gasteiger partial charge in [0.05, 0.1) is 36.7 Å². The van der Waals surface area contributed by atoms with E-state index < -0.39 is 17.0 Å². The third-order valence-corrected chi connectivity index (χ3v) is 5.25. The van der Waals surface area contributed by atoms with Gasteiger partial charge in [0.15, 0.2) is 5.78 Å². The van der Waals surface area contributed by atoms with Crippen molar-refractivity contribution < 1.29 is 18.7 Å². The molecular formula is C26H22FNO4. The molecule has 0 saturated carbocycles. The topological polar surface area (TPSA) is 57.5 Å². The van der Waals surface area contributed by atoms with Gasteiger partial charge in [-0.1, -0.05) is 18.2 Å². The quantitative estimate of drug-likeness (QED) is 0.394. The molecule has 0 aliphatic rings. The molecule has 4 rings (SSSR count). The van der Waals surface area contributed by atoms with Crippen molar-refractivity contribution in [2.75, 3.05) is 13.7 Å². The number of para-hydroxylation sites is 1. The van der Waals surface area contributed by atoms with E-state index in [-0.39, 0.29) is 11.1 Å². The number of halogens is 1. The van der Waals surface area contributed by atoms with Gasteiger partial charge in [0.1, 0.15) is 17.3 Å². The summed E-state index contributed by atoms with van der Waals surface area (Å²) in [6.07, 6.45) is 1.56. The summed E-state index contributed by atoms with van der Waals surface area (Å²) in [4.78, 5) is 26.5. The number of methoxy groups -OCH3 is 1. The molecule has 0 amide bonds. The average molecular weight is 431 g/mol. The van der Waals surface area contributed by atoms with Crippen LogP contribution in [-0.2, 0) is 6.54 Å². The van der Waals surface area contributed by atoms with Crippen LogP contribution in [0.15, 0.2) is 77.7 Å². The molecule has 1 heterocycles. The van der Waals surface area contributed by atoms with E-state index in [1.807, 2.05) is 41.8 Å². The zero-order chi connectivity index (χ0) is 22.7. The standard InChI is InChI=1S/C26H22FNO4/c1-3-32-20-12-13-23-21(14-20)26(30)22(25(29)17-8-10-19(27)11-9-17)16-28(23)15-18-6-4-5-7-24(18)31-2/h4-14,16H,3,15H2,1-2H3. The monoisotopic (exact) mass is 431 g/mol. The summed E-state index contributed by atoms with van der Waals surface area (Å²) in [6, 6.07) is 18.0. The molecular weight excluding hydrogens is 409 g/mol. The molecule has 3 aromatic carbocycles. The Balaban J connectivity index is 1.91. The van der Waals surface area contributed by atoms with Gasteiger partial charge in [-0.2, -0.15) is 0 Å². The van der Waals surface area contributed by atoms with Gasteiger partial charge in [-0.3, -0.25) is 9.59 Å². The van der Waals surface area contributed by atoms with Crippen molar-refractivity contribution in [3.63, 3.8) is 0 Å². The third kappa shape index (κ3) is 4.12. The second-order valence-electron chi connectivity index (χ2n) is 7.26. The van der Waals surface area contributed by atoms with E-state index in [9.17, 15) is 14.0 Å². The summed E-state index contributed by atoms with van der Waals surface area (Å²) in [7, 11) is 1.60. The number of carbonyl (C=O) groups excluding carboxylic acids is 1. The highest BCUT2D eigenvalue weighted by Crippen LogP contribution is 2.24. The van der Waals surface area contributed by atoms with Gasteiger partial charge >= 0.3 is 0 Å². The van der Waals surface area contributed by atoms with Crippen molar-refractivity contribution >= 4 is 16.7 Å². The van der Waals surface area contributed by atoms with E-state index in [0.29, 0.717) is 35.6 Å². The van der Waals surface area contributed by atoms with Crippen molar-refractivity contribution in [3.8, 4) is 11.5 Å². The summed E-state index contributed by atoms with van der Waals surface area (Å²) >= 11 is 0. The Bertz CT molecular complexity index is 1340. The van der Waals surface area contributed by atoms with Crippen molar-refractivity contribution in [1.82, 2.24) is 4.57 Å². The number of pyridine rings is 1. The number of fused-ring (bicyclic) bond motifs is 1. The number of rotatable bonds is 7. The molecule has 4 aromatic rings. The predicted molar refractivity (Wildman–Crippen MR) is 121 cm³/mol. The third-order valence-electron chi connectivity index (χ3n) is 5.25. The number of aromatic nitrogens is 1. The van der Waals surface area contributed by atoms with Gasteiger partial charge in [-0.05, 0) is 55.5 Å². The molecule has 0 fully saturated rings. The number of ketones is 1. The van der Waals surface area contributed by atoms with Crippen molar-refractivity contribution in [1.29, 1.82) is 0 Å². The van der Waals surface area contributed by atoms with E-state index in [0.717, 1.165) is 5.56 Å². The van der Waals surface area contributed by atoms with Crippen LogP contribution in [0.3, 0.4) is 0 Å². The van der Waals surface area contributed by atoms with E-state index >= 15 is 0 Å². The molecule has 1 aromatic heterocycles. The first-order chi connectivity index (χ1) is 15.5. The Kier molecular flexibility index (Phi) is 6.03. The maximum atomic E-state index is 13.3. The Morgan fingerprint density at radius 3 is 2.50 bits per heavy atom. The van der Waals surface area contributed by atoms with Crippen LogP contribution in [-0.4, -0.2) is 24.1 Å². The molecule has 6 heteroatoms. The van der Waals surface area contributed by atoms with Gasteiger partial charge in [-0.15, -0.1) is 0 Å². The number of nitrogens with zero attached hydrogens (tertiary/aromatic N) is 1. The van der Waals surface area contributed by atoms with Gasteiger partial charge in [0, 0.05) is 17.3 Å². The molecule has 0 spiro atoms. The van der Waals surface area contributed by atoms with Crippen LogP contribution >= 0.6 is 0 Å². The largest absolute Gasteiger partial charge is 0.496 e. The van der Waals surface area contributed by atoms with E-state index in [4.69, 9.17) is 9.47 Å². The second-order valence-corrected chi connectivity index (χ2v) is 7.26. The van der Waals surface area contributed by atoms with Crippen LogP contribution in [0.25, 0.3) is 10.9 Å². The molecule has 0 aliphatic heterocycles. The van der Waals surface area contributed by atoms with Gasteiger partial charge in [0.2, 0.25) is 5.43 Å². The molecule has 0 radical (unpaired) electrons. The molecule has 0 atom stereocenters. The summed E-state index contributed by atoms with van der Waals surface area (Å²) in [5.41, 5.74) is 1.42. The molecule has 0 bridgehead atoms. The highest BCUT2D eigenvalue weighted by molar-refractivity contribution is 6.10. The predicted octanol–water partition coefficient (Wildman–Crippen LogP) is 4.83. The fourth-order valence-electron chi connectivity index (χ4n) is 3.70. The number of carbonyl (C=O) groups is 1. The first-order valence-corrected chi connectivity index (χ1v) is 10.2. The number of ether oxygens (including phenoxy) is 2. The Hall–Kier alpha value is -3.93. The highest BCUT2D eigenvalue weighted by atomic mass is 19.1. The fourth-order valence-corrected chi connectivity index (χ4v) is 3.70. The second kappa shape index (κ2) is 9.06. The van der Waals surface area contributed by atoms with Gasteiger partial charge in [0.25, 0.3) is 0 Å². The minimum atomic E-state index is -0.465. The summed E-state index contributed by atoms with van der Waals surface area (Å²) in [5.74, 6) is 0.339. The van der Waals surface area contributed by atoms with Crippen molar-refractivity contribution in [2.24, 2.45) is 0 Å². The minimum Gasteiger partial charge on any atom is -0.496 e. The minimum absolute atomic E-state index is 0.00709. The van der Waals surface area contributed by atoms with E-state index in [1.165, 1.54) is 24.3 Å². The fraction of sp³-hybridized carbons (Fsp3) is 0.154. The summed E-state index contributed by atoms with van der Waals surface area (Å²) in [6.45, 7) is 2.70. The van der Waals surface area contributed by atoms with Crippen molar-refractivity contribution in [2.45, 2.75) is 13.5 Å². The van der Waals surface area contributed by atoms with Gasteiger partial charge < -0.3 is 14.0 Å². The number of hydrogen-bond acceptors (Lipinski definition) is 4. The van der Waals surface area contributed by atoms with E-state index in [1.54, 1.807) is 25.4 Å². The Morgan fingerprint density at radius 2 is 1.78 bits per heavy atom. The Morgan fingerprint density at radius 1 is 1.03 bits per heavy atom.